The summed E-state index contributed by atoms with van der Waals surface area (Å²) in [6.07, 6.45) is 0. The van der Waals surface area contributed by atoms with Gasteiger partial charge in [-0.1, -0.05) is 23.7 Å². The standard InChI is InChI=1S/C18H20ClN3O3S/c19-16-6-5-13(26-16)11-21-7-9-22(10-8-21)18(24)14-3-1-2-4-15(14)25-12-17(20)23/h1-6H,7-12H2,(H2,20,23). The van der Waals surface area contributed by atoms with Gasteiger partial charge >= 0.3 is 0 Å². The first-order valence-corrected chi connectivity index (χ1v) is 9.48. The number of nitrogens with two attached hydrogens (primary N) is 1. The number of ether oxygens (including phenoxy) is 1. The lowest BCUT2D eigenvalue weighted by atomic mass is 10.1. The number of carbonyl (C=O) groups is 2. The van der Waals surface area contributed by atoms with Gasteiger partial charge in [0.2, 0.25) is 0 Å². The maximum absolute atomic E-state index is 12.8. The van der Waals surface area contributed by atoms with Crippen LogP contribution in [0.25, 0.3) is 0 Å². The van der Waals surface area contributed by atoms with Gasteiger partial charge in [-0.25, -0.2) is 0 Å². The molecule has 2 N–H and O–H groups in total. The second kappa shape index (κ2) is 8.53. The topological polar surface area (TPSA) is 75.9 Å². The van der Waals surface area contributed by atoms with Gasteiger partial charge in [0.15, 0.2) is 6.61 Å². The average Bonchev–Trinajstić information content (AvgIpc) is 3.05. The molecule has 0 atom stereocenters. The molecule has 0 bridgehead atoms. The van der Waals surface area contributed by atoms with Crippen molar-refractivity contribution in [3.8, 4) is 5.75 Å². The summed E-state index contributed by atoms with van der Waals surface area (Å²) in [6, 6.07) is 10.9. The number of piperazine rings is 1. The van der Waals surface area contributed by atoms with Gasteiger partial charge in [0, 0.05) is 37.6 Å². The third-order valence-electron chi connectivity index (χ3n) is 4.16. The number of para-hydroxylation sites is 1. The molecule has 2 heterocycles. The molecular formula is C18H20ClN3O3S. The zero-order valence-electron chi connectivity index (χ0n) is 14.2. The zero-order chi connectivity index (χ0) is 18.5. The average molecular weight is 394 g/mol. The molecular weight excluding hydrogens is 374 g/mol. The molecule has 6 nitrogen and oxygen atoms in total. The van der Waals surface area contributed by atoms with Crippen molar-refractivity contribution in [3.63, 3.8) is 0 Å². The van der Waals surface area contributed by atoms with Crippen molar-refractivity contribution in [1.29, 1.82) is 0 Å². The van der Waals surface area contributed by atoms with E-state index >= 15 is 0 Å². The Morgan fingerprint density at radius 3 is 2.50 bits per heavy atom. The molecule has 0 unspecified atom stereocenters. The summed E-state index contributed by atoms with van der Waals surface area (Å²) in [4.78, 5) is 29.1. The summed E-state index contributed by atoms with van der Waals surface area (Å²) in [5.41, 5.74) is 5.57. The van der Waals surface area contributed by atoms with Crippen molar-refractivity contribution >= 4 is 34.8 Å². The SMILES string of the molecule is NC(=O)COc1ccccc1C(=O)N1CCN(Cc2ccc(Cl)s2)CC1. The third-order valence-corrected chi connectivity index (χ3v) is 5.37. The molecule has 1 aliphatic heterocycles. The van der Waals surface area contributed by atoms with Crippen molar-refractivity contribution in [2.75, 3.05) is 32.8 Å². The van der Waals surface area contributed by atoms with E-state index in [-0.39, 0.29) is 12.5 Å². The number of halogens is 1. The normalized spacial score (nSPS) is 15.0. The molecule has 0 saturated carbocycles. The van der Waals surface area contributed by atoms with Crippen LogP contribution in [0.2, 0.25) is 4.34 Å². The van der Waals surface area contributed by atoms with Gasteiger partial charge in [-0.2, -0.15) is 0 Å². The van der Waals surface area contributed by atoms with Gasteiger partial charge in [0.1, 0.15) is 5.75 Å². The Morgan fingerprint density at radius 1 is 1.12 bits per heavy atom. The fraction of sp³-hybridized carbons (Fsp3) is 0.333. The van der Waals surface area contributed by atoms with Crippen LogP contribution in [0.3, 0.4) is 0 Å². The van der Waals surface area contributed by atoms with Crippen molar-refractivity contribution in [3.05, 3.63) is 51.2 Å². The van der Waals surface area contributed by atoms with Crippen LogP contribution in [-0.4, -0.2) is 54.4 Å². The number of rotatable bonds is 6. The highest BCUT2D eigenvalue weighted by Gasteiger charge is 2.24. The summed E-state index contributed by atoms with van der Waals surface area (Å²) in [5.74, 6) is -0.287. The van der Waals surface area contributed by atoms with Crippen LogP contribution in [0.1, 0.15) is 15.2 Å². The largest absolute Gasteiger partial charge is 0.483 e. The highest BCUT2D eigenvalue weighted by Crippen LogP contribution is 2.24. The van der Waals surface area contributed by atoms with Crippen LogP contribution >= 0.6 is 22.9 Å². The molecule has 0 radical (unpaired) electrons. The molecule has 1 aromatic carbocycles. The van der Waals surface area contributed by atoms with E-state index in [0.29, 0.717) is 24.4 Å². The second-order valence-electron chi connectivity index (χ2n) is 6.03. The first kappa shape index (κ1) is 18.7. The number of hydrogen-bond donors (Lipinski definition) is 1. The minimum Gasteiger partial charge on any atom is -0.483 e. The number of thiophene rings is 1. The number of hydrogen-bond acceptors (Lipinski definition) is 5. The summed E-state index contributed by atoms with van der Waals surface area (Å²) >= 11 is 7.56. The second-order valence-corrected chi connectivity index (χ2v) is 7.82. The highest BCUT2D eigenvalue weighted by atomic mass is 35.5. The smallest absolute Gasteiger partial charge is 0.257 e. The highest BCUT2D eigenvalue weighted by molar-refractivity contribution is 7.16. The zero-order valence-corrected chi connectivity index (χ0v) is 15.8. The Balaban J connectivity index is 1.59. The molecule has 0 aliphatic carbocycles. The van der Waals surface area contributed by atoms with E-state index in [1.54, 1.807) is 35.6 Å². The Hall–Kier alpha value is -2.09. The van der Waals surface area contributed by atoms with E-state index in [1.807, 2.05) is 17.0 Å². The van der Waals surface area contributed by atoms with Gasteiger partial charge in [-0.05, 0) is 24.3 Å². The molecule has 0 spiro atoms. The van der Waals surface area contributed by atoms with E-state index in [1.165, 1.54) is 4.88 Å². The first-order valence-electron chi connectivity index (χ1n) is 8.29. The quantitative estimate of drug-likeness (QED) is 0.816. The van der Waals surface area contributed by atoms with Crippen LogP contribution in [-0.2, 0) is 11.3 Å². The molecule has 1 fully saturated rings. The fourth-order valence-electron chi connectivity index (χ4n) is 2.85. The fourth-order valence-corrected chi connectivity index (χ4v) is 3.98. The van der Waals surface area contributed by atoms with Gasteiger partial charge in [-0.15, -0.1) is 11.3 Å². The van der Waals surface area contributed by atoms with Crippen LogP contribution in [0.15, 0.2) is 36.4 Å². The van der Waals surface area contributed by atoms with Crippen molar-refractivity contribution < 1.29 is 14.3 Å². The maximum Gasteiger partial charge on any atom is 0.257 e. The molecule has 26 heavy (non-hydrogen) atoms. The van der Waals surface area contributed by atoms with Crippen LogP contribution < -0.4 is 10.5 Å². The van der Waals surface area contributed by atoms with E-state index < -0.39 is 5.91 Å². The predicted molar refractivity (Wildman–Crippen MR) is 102 cm³/mol. The lowest BCUT2D eigenvalue weighted by molar-refractivity contribution is -0.119. The van der Waals surface area contributed by atoms with Gasteiger partial charge in [0.05, 0.1) is 9.90 Å². The molecule has 3 rings (SSSR count). The Kier molecular flexibility index (Phi) is 6.13. The Bertz CT molecular complexity index is 787. The number of nitrogens with zero attached hydrogens (tertiary/aromatic N) is 2. The van der Waals surface area contributed by atoms with E-state index in [9.17, 15) is 9.59 Å². The van der Waals surface area contributed by atoms with Gasteiger partial charge in [-0.3, -0.25) is 14.5 Å². The van der Waals surface area contributed by atoms with Crippen LogP contribution in [0, 0.1) is 0 Å². The number of benzene rings is 1. The number of carbonyl (C=O) groups excluding carboxylic acids is 2. The number of amides is 2. The monoisotopic (exact) mass is 393 g/mol. The van der Waals surface area contributed by atoms with Crippen molar-refractivity contribution in [2.45, 2.75) is 6.54 Å². The first-order chi connectivity index (χ1) is 12.5. The minimum atomic E-state index is -0.574. The van der Waals surface area contributed by atoms with E-state index in [0.717, 1.165) is 24.0 Å². The third kappa shape index (κ3) is 4.75. The van der Waals surface area contributed by atoms with Crippen molar-refractivity contribution in [1.82, 2.24) is 9.80 Å². The number of primary amides is 1. The van der Waals surface area contributed by atoms with E-state index in [2.05, 4.69) is 4.90 Å². The molecule has 1 aliphatic rings. The summed E-state index contributed by atoms with van der Waals surface area (Å²) in [7, 11) is 0. The van der Waals surface area contributed by atoms with E-state index in [4.69, 9.17) is 22.1 Å². The molecule has 138 valence electrons. The lowest BCUT2D eigenvalue weighted by Gasteiger charge is -2.34. The molecule has 1 aromatic heterocycles. The summed E-state index contributed by atoms with van der Waals surface area (Å²) < 4.78 is 6.16. The molecule has 2 amide bonds. The van der Waals surface area contributed by atoms with Crippen molar-refractivity contribution in [2.24, 2.45) is 5.73 Å². The lowest BCUT2D eigenvalue weighted by Crippen LogP contribution is -2.48. The predicted octanol–water partition coefficient (Wildman–Crippen LogP) is 2.22. The maximum atomic E-state index is 12.8. The molecule has 1 saturated heterocycles. The summed E-state index contributed by atoms with van der Waals surface area (Å²) in [6.45, 7) is 3.47. The Labute approximate surface area is 161 Å². The van der Waals surface area contributed by atoms with Crippen LogP contribution in [0.5, 0.6) is 5.75 Å². The van der Waals surface area contributed by atoms with Gasteiger partial charge < -0.3 is 15.4 Å². The van der Waals surface area contributed by atoms with Gasteiger partial charge in [0.25, 0.3) is 11.8 Å². The van der Waals surface area contributed by atoms with Crippen LogP contribution in [0.4, 0.5) is 0 Å². The summed E-state index contributed by atoms with van der Waals surface area (Å²) in [5, 5.41) is 0. The molecule has 2 aromatic rings. The Morgan fingerprint density at radius 2 is 1.85 bits per heavy atom. The molecule has 8 heteroatoms. The minimum absolute atomic E-state index is 0.0936.